The number of nitrogens with one attached hydrogen (secondary N) is 1. The number of piperidine rings is 1. The summed E-state index contributed by atoms with van der Waals surface area (Å²) in [5.41, 5.74) is 2.73. The first-order valence-corrected chi connectivity index (χ1v) is 8.40. The number of aromatic nitrogens is 4. The van der Waals surface area contributed by atoms with Crippen LogP contribution >= 0.6 is 0 Å². The van der Waals surface area contributed by atoms with Gasteiger partial charge in [0.1, 0.15) is 17.0 Å². The van der Waals surface area contributed by atoms with Crippen molar-refractivity contribution < 1.29 is 9.32 Å². The molecule has 4 rings (SSSR count). The number of pyridine rings is 1. The normalized spacial score (nSPS) is 17.6. The zero-order valence-electron chi connectivity index (χ0n) is 14.0. The van der Waals surface area contributed by atoms with E-state index < -0.39 is 0 Å². The monoisotopic (exact) mass is 337 g/mol. The van der Waals surface area contributed by atoms with Gasteiger partial charge in [0.25, 0.3) is 5.91 Å². The molecule has 7 nitrogen and oxygen atoms in total. The number of aromatic amines is 1. The summed E-state index contributed by atoms with van der Waals surface area (Å²) in [6, 6.07) is 7.51. The van der Waals surface area contributed by atoms with Crippen molar-refractivity contribution in [1.29, 1.82) is 0 Å². The maximum Gasteiger partial charge on any atom is 0.259 e. The Bertz CT molecular complexity index is 857. The van der Waals surface area contributed by atoms with Crippen molar-refractivity contribution >= 4 is 5.91 Å². The Morgan fingerprint density at radius 2 is 2.24 bits per heavy atom. The van der Waals surface area contributed by atoms with Crippen LogP contribution < -0.4 is 0 Å². The molecule has 0 radical (unpaired) electrons. The molecule has 0 aliphatic carbocycles. The summed E-state index contributed by atoms with van der Waals surface area (Å²) in [4.78, 5) is 19.3. The minimum Gasteiger partial charge on any atom is -0.360 e. The lowest BCUT2D eigenvalue weighted by Gasteiger charge is -2.32. The second kappa shape index (κ2) is 6.51. The molecule has 1 saturated heterocycles. The quantitative estimate of drug-likeness (QED) is 0.794. The summed E-state index contributed by atoms with van der Waals surface area (Å²) in [5.74, 6) is 0.747. The minimum atomic E-state index is -0.0522. The molecule has 0 aromatic carbocycles. The van der Waals surface area contributed by atoms with Crippen molar-refractivity contribution in [2.45, 2.75) is 25.7 Å². The zero-order chi connectivity index (χ0) is 17.2. The van der Waals surface area contributed by atoms with Crippen LogP contribution in [0.4, 0.5) is 0 Å². The highest BCUT2D eigenvalue weighted by Crippen LogP contribution is 2.29. The van der Waals surface area contributed by atoms with Gasteiger partial charge in [-0.15, -0.1) is 0 Å². The van der Waals surface area contributed by atoms with Gasteiger partial charge in [-0.1, -0.05) is 11.2 Å². The van der Waals surface area contributed by atoms with E-state index in [9.17, 15) is 4.79 Å². The Kier molecular flexibility index (Phi) is 4.05. The van der Waals surface area contributed by atoms with E-state index in [0.29, 0.717) is 29.3 Å². The summed E-state index contributed by atoms with van der Waals surface area (Å²) in [6.45, 7) is 3.16. The Morgan fingerprint density at radius 1 is 1.32 bits per heavy atom. The molecule has 1 aliphatic heterocycles. The number of carbonyl (C=O) groups is 1. The number of hydrogen-bond donors (Lipinski definition) is 1. The molecule has 0 spiro atoms. The van der Waals surface area contributed by atoms with Crippen LogP contribution in [-0.2, 0) is 0 Å². The van der Waals surface area contributed by atoms with Gasteiger partial charge in [-0.3, -0.25) is 14.9 Å². The van der Waals surface area contributed by atoms with E-state index in [-0.39, 0.29) is 11.8 Å². The topological polar surface area (TPSA) is 87.9 Å². The van der Waals surface area contributed by atoms with Gasteiger partial charge in [0.15, 0.2) is 0 Å². The second-order valence-electron chi connectivity index (χ2n) is 6.28. The van der Waals surface area contributed by atoms with Crippen molar-refractivity contribution in [3.05, 3.63) is 53.7 Å². The van der Waals surface area contributed by atoms with E-state index in [1.807, 2.05) is 29.2 Å². The number of nitrogens with zero attached hydrogens (tertiary/aromatic N) is 4. The number of hydrogen-bond acceptors (Lipinski definition) is 5. The molecule has 3 aromatic heterocycles. The SMILES string of the molecule is Cc1onc(-c2ccccn2)c1C(=O)N1CCCC(c2ccn[nH]2)C1. The average Bonchev–Trinajstić information content (AvgIpc) is 3.32. The molecule has 3 aromatic rings. The van der Waals surface area contributed by atoms with Gasteiger partial charge >= 0.3 is 0 Å². The lowest BCUT2D eigenvalue weighted by molar-refractivity contribution is 0.0704. The number of carbonyl (C=O) groups excluding carboxylic acids is 1. The first-order valence-electron chi connectivity index (χ1n) is 8.40. The van der Waals surface area contributed by atoms with Crippen LogP contribution in [0.3, 0.4) is 0 Å². The van der Waals surface area contributed by atoms with Gasteiger partial charge in [-0.25, -0.2) is 0 Å². The van der Waals surface area contributed by atoms with Crippen molar-refractivity contribution in [3.63, 3.8) is 0 Å². The fourth-order valence-corrected chi connectivity index (χ4v) is 3.37. The van der Waals surface area contributed by atoms with E-state index >= 15 is 0 Å². The standard InChI is InChI=1S/C18H19N5O2/c1-12-16(17(22-25-12)15-6-2-3-8-19-15)18(24)23-10-4-5-13(11-23)14-7-9-20-21-14/h2-3,6-9,13H,4-5,10-11H2,1H3,(H,20,21). The van der Waals surface area contributed by atoms with Crippen LogP contribution in [0.5, 0.6) is 0 Å². The van der Waals surface area contributed by atoms with E-state index in [2.05, 4.69) is 20.3 Å². The third kappa shape index (κ3) is 2.93. The molecule has 7 heteroatoms. The molecule has 0 saturated carbocycles. The number of likely N-dealkylation sites (tertiary alicyclic amines) is 1. The van der Waals surface area contributed by atoms with E-state index in [1.165, 1.54) is 0 Å². The van der Waals surface area contributed by atoms with Gasteiger partial charge in [-0.2, -0.15) is 5.10 Å². The number of aryl methyl sites for hydroxylation is 1. The summed E-state index contributed by atoms with van der Waals surface area (Å²) in [7, 11) is 0. The van der Waals surface area contributed by atoms with Crippen LogP contribution in [0.15, 0.2) is 41.2 Å². The van der Waals surface area contributed by atoms with Crippen molar-refractivity contribution in [2.24, 2.45) is 0 Å². The van der Waals surface area contributed by atoms with Gasteiger partial charge in [0.05, 0.1) is 5.69 Å². The van der Waals surface area contributed by atoms with Crippen molar-refractivity contribution in [3.8, 4) is 11.4 Å². The Morgan fingerprint density at radius 3 is 3.00 bits per heavy atom. The first kappa shape index (κ1) is 15.6. The maximum atomic E-state index is 13.2. The lowest BCUT2D eigenvalue weighted by atomic mass is 9.94. The molecule has 0 bridgehead atoms. The number of amides is 1. The molecule has 1 amide bonds. The van der Waals surface area contributed by atoms with Crippen LogP contribution in [0.2, 0.25) is 0 Å². The molecule has 4 heterocycles. The Balaban J connectivity index is 1.62. The van der Waals surface area contributed by atoms with Crippen LogP contribution in [0, 0.1) is 6.92 Å². The van der Waals surface area contributed by atoms with Gasteiger partial charge < -0.3 is 9.42 Å². The van der Waals surface area contributed by atoms with Crippen LogP contribution in [0.25, 0.3) is 11.4 Å². The van der Waals surface area contributed by atoms with Crippen LogP contribution in [0.1, 0.15) is 40.6 Å². The van der Waals surface area contributed by atoms with E-state index in [1.54, 1.807) is 19.3 Å². The minimum absolute atomic E-state index is 0.0522. The largest absolute Gasteiger partial charge is 0.360 e. The summed E-state index contributed by atoms with van der Waals surface area (Å²) in [6.07, 6.45) is 5.43. The van der Waals surface area contributed by atoms with Gasteiger partial charge in [0, 0.05) is 37.1 Å². The molecule has 1 fully saturated rings. The predicted molar refractivity (Wildman–Crippen MR) is 90.9 cm³/mol. The highest BCUT2D eigenvalue weighted by atomic mass is 16.5. The molecular formula is C18H19N5O2. The molecule has 1 unspecified atom stereocenters. The van der Waals surface area contributed by atoms with Crippen molar-refractivity contribution in [2.75, 3.05) is 13.1 Å². The Hall–Kier alpha value is -2.96. The number of H-pyrrole nitrogens is 1. The summed E-state index contributed by atoms with van der Waals surface area (Å²) in [5, 5.41) is 11.1. The predicted octanol–water partition coefficient (Wildman–Crippen LogP) is 2.79. The number of rotatable bonds is 3. The fraction of sp³-hybridized carbons (Fsp3) is 0.333. The smallest absolute Gasteiger partial charge is 0.259 e. The third-order valence-electron chi connectivity index (χ3n) is 4.65. The third-order valence-corrected chi connectivity index (χ3v) is 4.65. The van der Waals surface area contributed by atoms with Gasteiger partial charge in [0.2, 0.25) is 0 Å². The van der Waals surface area contributed by atoms with Gasteiger partial charge in [-0.05, 0) is 38.0 Å². The maximum absolute atomic E-state index is 13.2. The molecule has 25 heavy (non-hydrogen) atoms. The summed E-state index contributed by atoms with van der Waals surface area (Å²) >= 11 is 0. The van der Waals surface area contributed by atoms with Crippen LogP contribution in [-0.4, -0.2) is 44.2 Å². The molecule has 1 aliphatic rings. The first-order chi connectivity index (χ1) is 12.2. The summed E-state index contributed by atoms with van der Waals surface area (Å²) < 4.78 is 5.31. The fourth-order valence-electron chi connectivity index (χ4n) is 3.37. The van der Waals surface area contributed by atoms with E-state index in [4.69, 9.17) is 4.52 Å². The highest BCUT2D eigenvalue weighted by Gasteiger charge is 2.31. The second-order valence-corrected chi connectivity index (χ2v) is 6.28. The zero-order valence-corrected chi connectivity index (χ0v) is 14.0. The molecule has 128 valence electrons. The highest BCUT2D eigenvalue weighted by molar-refractivity contribution is 6.00. The molecule has 1 atom stereocenters. The van der Waals surface area contributed by atoms with E-state index in [0.717, 1.165) is 25.1 Å². The molecular weight excluding hydrogens is 318 g/mol. The average molecular weight is 337 g/mol. The molecule has 1 N–H and O–H groups in total. The van der Waals surface area contributed by atoms with Crippen molar-refractivity contribution in [1.82, 2.24) is 25.2 Å². The lowest BCUT2D eigenvalue weighted by Crippen LogP contribution is -2.39. The Labute approximate surface area is 145 Å².